The van der Waals surface area contributed by atoms with E-state index in [4.69, 9.17) is 16.3 Å². The lowest BCUT2D eigenvalue weighted by atomic mass is 10.4. The fourth-order valence-electron chi connectivity index (χ4n) is 1.70. The molecule has 0 saturated carbocycles. The summed E-state index contributed by atoms with van der Waals surface area (Å²) >= 11 is 4.72. The molecule has 19 heavy (non-hydrogen) atoms. The van der Waals surface area contributed by atoms with Crippen LogP contribution in [0.15, 0.2) is 17.1 Å². The highest BCUT2D eigenvalue weighted by Crippen LogP contribution is 2.09. The van der Waals surface area contributed by atoms with Crippen LogP contribution in [0, 0.1) is 0 Å². The van der Waals surface area contributed by atoms with Gasteiger partial charge < -0.3 is 9.29 Å². The molecule has 1 aromatic rings. The molecule has 1 aliphatic heterocycles. The first-order chi connectivity index (χ1) is 9.19. The van der Waals surface area contributed by atoms with Crippen molar-refractivity contribution in [2.75, 3.05) is 39.0 Å². The van der Waals surface area contributed by atoms with E-state index in [0.29, 0.717) is 29.9 Å². The summed E-state index contributed by atoms with van der Waals surface area (Å²) in [5.74, 6) is 1.09. The molecular weight excluding hydrogens is 288 g/mol. The second kappa shape index (κ2) is 7.04. The second-order valence-electron chi connectivity index (χ2n) is 3.99. The minimum absolute atomic E-state index is 0.342. The molecule has 0 aromatic carbocycles. The van der Waals surface area contributed by atoms with Gasteiger partial charge in [0.25, 0.3) is 0 Å². The summed E-state index contributed by atoms with van der Waals surface area (Å²) < 4.78 is 17.1. The molecule has 1 unspecified atom stereocenters. The van der Waals surface area contributed by atoms with Gasteiger partial charge in [-0.2, -0.15) is 0 Å². The first-order valence-corrected chi connectivity index (χ1v) is 7.57. The number of rotatable bonds is 4. The van der Waals surface area contributed by atoms with Gasteiger partial charge >= 0.3 is 0 Å². The zero-order valence-corrected chi connectivity index (χ0v) is 12.2. The third-order valence-corrected chi connectivity index (χ3v) is 4.32. The van der Waals surface area contributed by atoms with Crippen molar-refractivity contribution in [3.63, 3.8) is 0 Å². The summed E-state index contributed by atoms with van der Waals surface area (Å²) in [6.07, 6.45) is 0. The van der Waals surface area contributed by atoms with Crippen LogP contribution in [0.4, 0.5) is 0 Å². The predicted molar refractivity (Wildman–Crippen MR) is 75.3 cm³/mol. The maximum atomic E-state index is 11.6. The Balaban J connectivity index is 1.75. The third-order valence-electron chi connectivity index (χ3n) is 2.73. The molecule has 1 atom stereocenters. The van der Waals surface area contributed by atoms with E-state index >= 15 is 0 Å². The maximum absolute atomic E-state index is 11.6. The van der Waals surface area contributed by atoms with Crippen LogP contribution in [0.5, 0.6) is 5.88 Å². The van der Waals surface area contributed by atoms with Gasteiger partial charge in [0, 0.05) is 37.4 Å². The van der Waals surface area contributed by atoms with Crippen LogP contribution in [0.1, 0.15) is 0 Å². The third kappa shape index (κ3) is 4.31. The van der Waals surface area contributed by atoms with Crippen LogP contribution in [-0.4, -0.2) is 63.7 Å². The fourth-order valence-corrected chi connectivity index (χ4v) is 2.99. The minimum atomic E-state index is -0.912. The van der Waals surface area contributed by atoms with Crippen LogP contribution < -0.4 is 4.74 Å². The number of hydrogen-bond donors (Lipinski definition) is 0. The molecule has 1 saturated heterocycles. The Morgan fingerprint density at radius 3 is 3.05 bits per heavy atom. The van der Waals surface area contributed by atoms with Gasteiger partial charge in [-0.05, 0) is 6.07 Å². The number of ether oxygens (including phenoxy) is 1. The van der Waals surface area contributed by atoms with Gasteiger partial charge in [0.2, 0.25) is 10.9 Å². The Morgan fingerprint density at radius 1 is 1.53 bits per heavy atom. The van der Waals surface area contributed by atoms with Crippen LogP contribution >= 0.6 is 11.6 Å². The number of aliphatic imine (C=N–C) groups is 1. The average molecular weight is 303 g/mol. The molecule has 1 aliphatic rings. The first kappa shape index (κ1) is 14.5. The zero-order chi connectivity index (χ0) is 13.7. The molecule has 6 nitrogen and oxygen atoms in total. The maximum Gasteiger partial charge on any atom is 0.233 e. The van der Waals surface area contributed by atoms with Crippen molar-refractivity contribution in [3.8, 4) is 5.88 Å². The second-order valence-corrected chi connectivity index (χ2v) is 5.94. The highest BCUT2D eigenvalue weighted by molar-refractivity contribution is 8.06. The van der Waals surface area contributed by atoms with Crippen LogP contribution in [-0.2, 0) is 11.2 Å². The van der Waals surface area contributed by atoms with Gasteiger partial charge in [-0.25, -0.2) is 4.99 Å². The molecule has 2 rings (SSSR count). The Morgan fingerprint density at radius 2 is 2.37 bits per heavy atom. The van der Waals surface area contributed by atoms with E-state index in [1.165, 1.54) is 0 Å². The van der Waals surface area contributed by atoms with Gasteiger partial charge in [0.1, 0.15) is 12.4 Å². The standard InChI is InChI=1S/C11H15ClN4O2S/c1-13-11-8-16(5-7-19(11)17)4-6-18-10-3-2-9(12)14-15-10/h2-3H,4-8H2,1H3. The zero-order valence-electron chi connectivity index (χ0n) is 10.6. The summed E-state index contributed by atoms with van der Waals surface area (Å²) in [6.45, 7) is 2.67. The molecule has 1 aromatic heterocycles. The molecule has 0 aliphatic carbocycles. The Kier molecular flexibility index (Phi) is 5.38. The molecule has 104 valence electrons. The van der Waals surface area contributed by atoms with Crippen LogP contribution in [0.25, 0.3) is 0 Å². The van der Waals surface area contributed by atoms with Gasteiger partial charge in [0.05, 0.1) is 6.54 Å². The summed E-state index contributed by atoms with van der Waals surface area (Å²) in [5.41, 5.74) is 0. The lowest BCUT2D eigenvalue weighted by Gasteiger charge is -2.28. The van der Waals surface area contributed by atoms with Crippen molar-refractivity contribution < 1.29 is 9.29 Å². The lowest BCUT2D eigenvalue weighted by molar-refractivity contribution is 0.225. The Hall–Kier alpha value is -0.890. The van der Waals surface area contributed by atoms with Crippen molar-refractivity contribution in [3.05, 3.63) is 17.3 Å². The quantitative estimate of drug-likeness (QED) is 0.762. The monoisotopic (exact) mass is 302 g/mol. The first-order valence-electron chi connectivity index (χ1n) is 5.87. The lowest BCUT2D eigenvalue weighted by Crippen LogP contribution is -2.45. The van der Waals surface area contributed by atoms with E-state index in [0.717, 1.165) is 18.1 Å². The molecule has 0 spiro atoms. The van der Waals surface area contributed by atoms with Gasteiger partial charge in [0.15, 0.2) is 5.15 Å². The number of nitrogens with zero attached hydrogens (tertiary/aromatic N) is 4. The predicted octanol–water partition coefficient (Wildman–Crippen LogP) is 0.601. The molecule has 8 heteroatoms. The van der Waals surface area contributed by atoms with E-state index < -0.39 is 11.2 Å². The highest BCUT2D eigenvalue weighted by atomic mass is 35.5. The van der Waals surface area contributed by atoms with Crippen LogP contribution in [0.2, 0.25) is 5.15 Å². The largest absolute Gasteiger partial charge is 0.610 e. The normalized spacial score (nSPS) is 22.7. The summed E-state index contributed by atoms with van der Waals surface area (Å²) in [6, 6.07) is 3.31. The minimum Gasteiger partial charge on any atom is -0.610 e. The molecule has 0 N–H and O–H groups in total. The van der Waals surface area contributed by atoms with Gasteiger partial charge in [-0.3, -0.25) is 4.90 Å². The Labute approximate surface area is 120 Å². The Bertz CT molecular complexity index is 443. The summed E-state index contributed by atoms with van der Waals surface area (Å²) in [5, 5.41) is 8.60. The fraction of sp³-hybridized carbons (Fsp3) is 0.545. The van der Waals surface area contributed by atoms with E-state index in [9.17, 15) is 4.55 Å². The molecule has 0 amide bonds. The van der Waals surface area contributed by atoms with Gasteiger partial charge in [-0.15, -0.1) is 10.2 Å². The van der Waals surface area contributed by atoms with E-state index in [1.54, 1.807) is 19.2 Å². The van der Waals surface area contributed by atoms with Crippen molar-refractivity contribution in [1.29, 1.82) is 0 Å². The summed E-state index contributed by atoms with van der Waals surface area (Å²) in [7, 11) is 1.68. The molecular formula is C11H15ClN4O2S. The smallest absolute Gasteiger partial charge is 0.233 e. The molecule has 2 heterocycles. The number of aromatic nitrogens is 2. The average Bonchev–Trinajstić information content (AvgIpc) is 2.43. The molecule has 0 radical (unpaired) electrons. The highest BCUT2D eigenvalue weighted by Gasteiger charge is 2.26. The van der Waals surface area contributed by atoms with Crippen molar-refractivity contribution >= 4 is 27.8 Å². The van der Waals surface area contributed by atoms with Crippen LogP contribution in [0.3, 0.4) is 0 Å². The SMILES string of the molecule is CN=C1CN(CCOc2ccc(Cl)nn2)CC[S+]1[O-]. The molecule has 0 bridgehead atoms. The molecule has 1 fully saturated rings. The van der Waals surface area contributed by atoms with Gasteiger partial charge in [-0.1, -0.05) is 11.6 Å². The number of hydrogen-bond acceptors (Lipinski definition) is 6. The van der Waals surface area contributed by atoms with Crippen molar-refractivity contribution in [2.45, 2.75) is 0 Å². The van der Waals surface area contributed by atoms with Crippen molar-refractivity contribution in [1.82, 2.24) is 15.1 Å². The van der Waals surface area contributed by atoms with Crippen molar-refractivity contribution in [2.24, 2.45) is 4.99 Å². The van der Waals surface area contributed by atoms with E-state index in [-0.39, 0.29) is 0 Å². The summed E-state index contributed by atoms with van der Waals surface area (Å²) in [4.78, 5) is 6.21. The van der Waals surface area contributed by atoms with E-state index in [2.05, 4.69) is 20.1 Å². The number of halogens is 1. The van der Waals surface area contributed by atoms with E-state index in [1.807, 2.05) is 0 Å². The topological polar surface area (TPSA) is 73.7 Å².